The Morgan fingerprint density at radius 1 is 1.20 bits per heavy atom. The fraction of sp³-hybridized carbons (Fsp3) is 0.222. The first kappa shape index (κ1) is 18.2. The average molecular weight is 439 g/mol. The highest BCUT2D eigenvalue weighted by atomic mass is 79.9. The highest BCUT2D eigenvalue weighted by Gasteiger charge is 2.21. The Bertz CT molecular complexity index is 897. The number of nitrogens with one attached hydrogen (secondary N) is 2. The van der Waals surface area contributed by atoms with Gasteiger partial charge in [0.2, 0.25) is 11.0 Å². The molecule has 0 bridgehead atoms. The maximum absolute atomic E-state index is 12.4. The number of fused-ring (bicyclic) bond motifs is 1. The quantitative estimate of drug-likeness (QED) is 0.510. The lowest BCUT2D eigenvalue weighted by Gasteiger charge is -2.20. The number of aromatic nitrogens is 1. The molecule has 0 aliphatic carbocycles. The predicted molar refractivity (Wildman–Crippen MR) is 108 cm³/mol. The molecule has 1 amide bonds. The Morgan fingerprint density at radius 3 is 2.64 bits per heavy atom. The molecule has 7 heteroatoms. The van der Waals surface area contributed by atoms with Crippen molar-refractivity contribution >= 4 is 60.1 Å². The lowest BCUT2D eigenvalue weighted by molar-refractivity contribution is -0.124. The summed E-state index contributed by atoms with van der Waals surface area (Å²) >= 11 is 10.9. The Morgan fingerprint density at radius 2 is 1.92 bits per heavy atom. The second-order valence-corrected chi connectivity index (χ2v) is 8.26. The van der Waals surface area contributed by atoms with Crippen LogP contribution >= 0.6 is 38.9 Å². The molecule has 0 aliphatic rings. The van der Waals surface area contributed by atoms with Crippen LogP contribution in [-0.4, -0.2) is 10.9 Å². The molecule has 2 atom stereocenters. The van der Waals surface area contributed by atoms with Crippen LogP contribution in [0.2, 0.25) is 5.02 Å². The minimum absolute atomic E-state index is 0.0744. The number of carbonyl (C=O) groups excluding carboxylic acids is 1. The SMILES string of the molecule is CC(C(=O)NNc1nc2ccc(Br)cc2s1)C(C)c1ccc(Cl)cc1. The standard InChI is InChI=1S/C18H17BrClN3OS/c1-10(12-3-6-14(20)7-4-12)11(2)17(24)22-23-18-21-15-8-5-13(19)9-16(15)25-18/h3-11H,1-2H3,(H,21,23)(H,22,24). The van der Waals surface area contributed by atoms with Gasteiger partial charge in [-0.25, -0.2) is 4.98 Å². The maximum Gasteiger partial charge on any atom is 0.241 e. The fourth-order valence-electron chi connectivity index (χ4n) is 2.46. The highest BCUT2D eigenvalue weighted by molar-refractivity contribution is 9.10. The van der Waals surface area contributed by atoms with E-state index in [4.69, 9.17) is 11.6 Å². The van der Waals surface area contributed by atoms with E-state index in [9.17, 15) is 4.79 Å². The molecule has 3 rings (SSSR count). The molecule has 2 aromatic carbocycles. The third-order valence-electron chi connectivity index (χ3n) is 4.20. The molecule has 0 saturated heterocycles. The first-order valence-electron chi connectivity index (χ1n) is 7.81. The lowest BCUT2D eigenvalue weighted by Crippen LogP contribution is -2.35. The minimum Gasteiger partial charge on any atom is -0.273 e. The van der Waals surface area contributed by atoms with Crippen LogP contribution in [0.25, 0.3) is 10.2 Å². The van der Waals surface area contributed by atoms with Gasteiger partial charge in [0.25, 0.3) is 0 Å². The summed E-state index contributed by atoms with van der Waals surface area (Å²) in [6, 6.07) is 13.5. The number of rotatable bonds is 5. The Kier molecular flexibility index (Phi) is 5.61. The summed E-state index contributed by atoms with van der Waals surface area (Å²) in [5.41, 5.74) is 7.65. The largest absolute Gasteiger partial charge is 0.273 e. The molecule has 4 nitrogen and oxygen atoms in total. The third-order valence-corrected chi connectivity index (χ3v) is 5.88. The molecular weight excluding hydrogens is 422 g/mol. The lowest BCUT2D eigenvalue weighted by atomic mass is 9.88. The summed E-state index contributed by atoms with van der Waals surface area (Å²) in [6.07, 6.45) is 0. The number of carbonyl (C=O) groups is 1. The van der Waals surface area contributed by atoms with Crippen LogP contribution in [-0.2, 0) is 4.79 Å². The monoisotopic (exact) mass is 437 g/mol. The van der Waals surface area contributed by atoms with Gasteiger partial charge in [-0.2, -0.15) is 0 Å². The summed E-state index contributed by atoms with van der Waals surface area (Å²) in [5, 5.41) is 1.35. The van der Waals surface area contributed by atoms with Crippen LogP contribution < -0.4 is 10.9 Å². The van der Waals surface area contributed by atoms with E-state index in [0.717, 1.165) is 20.3 Å². The number of halogens is 2. The first-order chi connectivity index (χ1) is 11.9. The van der Waals surface area contributed by atoms with Crippen molar-refractivity contribution in [1.29, 1.82) is 0 Å². The molecule has 25 heavy (non-hydrogen) atoms. The first-order valence-corrected chi connectivity index (χ1v) is 9.80. The van der Waals surface area contributed by atoms with Crippen molar-refractivity contribution in [1.82, 2.24) is 10.4 Å². The molecule has 0 aliphatic heterocycles. The number of nitrogens with zero attached hydrogens (tertiary/aromatic N) is 1. The number of thiazole rings is 1. The van der Waals surface area contributed by atoms with Gasteiger partial charge in [-0.3, -0.25) is 15.6 Å². The van der Waals surface area contributed by atoms with Crippen LogP contribution in [0.3, 0.4) is 0 Å². The van der Waals surface area contributed by atoms with Gasteiger partial charge in [0.1, 0.15) is 0 Å². The second-order valence-electron chi connectivity index (χ2n) is 5.87. The van der Waals surface area contributed by atoms with Gasteiger partial charge < -0.3 is 0 Å². The summed E-state index contributed by atoms with van der Waals surface area (Å²) in [6.45, 7) is 3.94. The van der Waals surface area contributed by atoms with Crippen LogP contribution in [0.1, 0.15) is 25.3 Å². The molecule has 0 spiro atoms. The average Bonchev–Trinajstić information content (AvgIpc) is 3.01. The van der Waals surface area contributed by atoms with Gasteiger partial charge in [-0.15, -0.1) is 0 Å². The predicted octanol–water partition coefficient (Wildman–Crippen LogP) is 5.60. The van der Waals surface area contributed by atoms with E-state index in [2.05, 4.69) is 31.8 Å². The second kappa shape index (κ2) is 7.72. The molecule has 130 valence electrons. The van der Waals surface area contributed by atoms with E-state index < -0.39 is 0 Å². The molecule has 1 heterocycles. The van der Waals surface area contributed by atoms with E-state index in [1.807, 2.05) is 56.3 Å². The van der Waals surface area contributed by atoms with Crippen LogP contribution in [0.5, 0.6) is 0 Å². The van der Waals surface area contributed by atoms with Crippen molar-refractivity contribution in [2.75, 3.05) is 5.43 Å². The minimum atomic E-state index is -0.197. The van der Waals surface area contributed by atoms with Crippen LogP contribution in [0.4, 0.5) is 5.13 Å². The smallest absolute Gasteiger partial charge is 0.241 e. The topological polar surface area (TPSA) is 54.0 Å². The van der Waals surface area contributed by atoms with Gasteiger partial charge in [0.15, 0.2) is 0 Å². The molecule has 0 fully saturated rings. The Labute approximate surface area is 163 Å². The Hall–Kier alpha value is -1.63. The van der Waals surface area contributed by atoms with Crippen molar-refractivity contribution in [3.8, 4) is 0 Å². The van der Waals surface area contributed by atoms with Crippen molar-refractivity contribution in [2.45, 2.75) is 19.8 Å². The molecule has 2 unspecified atom stereocenters. The van der Waals surface area contributed by atoms with E-state index in [-0.39, 0.29) is 17.7 Å². The molecule has 3 aromatic rings. The Balaban J connectivity index is 1.63. The highest BCUT2D eigenvalue weighted by Crippen LogP contribution is 2.28. The molecule has 2 N–H and O–H groups in total. The van der Waals surface area contributed by atoms with E-state index >= 15 is 0 Å². The van der Waals surface area contributed by atoms with E-state index in [1.165, 1.54) is 11.3 Å². The number of hydrogen-bond donors (Lipinski definition) is 2. The summed E-state index contributed by atoms with van der Waals surface area (Å²) < 4.78 is 2.05. The third kappa shape index (κ3) is 4.32. The molecular formula is C18H17BrClN3OS. The van der Waals surface area contributed by atoms with E-state index in [1.54, 1.807) is 0 Å². The maximum atomic E-state index is 12.4. The van der Waals surface area contributed by atoms with Crippen molar-refractivity contribution in [3.05, 3.63) is 57.5 Å². The number of hydrazine groups is 1. The van der Waals surface area contributed by atoms with Crippen molar-refractivity contribution < 1.29 is 4.79 Å². The number of benzene rings is 2. The van der Waals surface area contributed by atoms with Crippen molar-refractivity contribution in [3.63, 3.8) is 0 Å². The zero-order chi connectivity index (χ0) is 18.0. The van der Waals surface area contributed by atoms with Gasteiger partial charge in [-0.05, 0) is 41.8 Å². The van der Waals surface area contributed by atoms with Gasteiger partial charge in [0.05, 0.1) is 10.2 Å². The number of amides is 1. The van der Waals surface area contributed by atoms with Gasteiger partial charge in [-0.1, -0.05) is 64.8 Å². The summed E-state index contributed by atoms with van der Waals surface area (Å²) in [4.78, 5) is 16.9. The zero-order valence-electron chi connectivity index (χ0n) is 13.7. The summed E-state index contributed by atoms with van der Waals surface area (Å²) in [5.74, 6) is -0.203. The molecule has 0 radical (unpaired) electrons. The summed E-state index contributed by atoms with van der Waals surface area (Å²) in [7, 11) is 0. The molecule has 0 saturated carbocycles. The van der Waals surface area contributed by atoms with Crippen LogP contribution in [0, 0.1) is 5.92 Å². The number of hydrogen-bond acceptors (Lipinski definition) is 4. The van der Waals surface area contributed by atoms with Gasteiger partial charge in [0, 0.05) is 15.4 Å². The number of anilines is 1. The van der Waals surface area contributed by atoms with Crippen LogP contribution in [0.15, 0.2) is 46.9 Å². The van der Waals surface area contributed by atoms with E-state index in [0.29, 0.717) is 10.2 Å². The van der Waals surface area contributed by atoms with Crippen molar-refractivity contribution in [2.24, 2.45) is 5.92 Å². The van der Waals surface area contributed by atoms with Gasteiger partial charge >= 0.3 is 0 Å². The molecule has 1 aromatic heterocycles. The zero-order valence-corrected chi connectivity index (χ0v) is 16.9. The normalized spacial score (nSPS) is 13.4. The fourth-order valence-corrected chi connectivity index (χ4v) is 3.96.